The van der Waals surface area contributed by atoms with Crippen molar-refractivity contribution in [3.63, 3.8) is 0 Å². The Morgan fingerprint density at radius 3 is 2.47 bits per heavy atom. The average Bonchev–Trinajstić information content (AvgIpc) is 2.84. The molecule has 4 rings (SSSR count). The van der Waals surface area contributed by atoms with E-state index in [0.717, 1.165) is 6.07 Å². The Hall–Kier alpha value is -4.32. The van der Waals surface area contributed by atoms with Crippen molar-refractivity contribution in [1.82, 2.24) is 0 Å². The van der Waals surface area contributed by atoms with Crippen LogP contribution in [0.25, 0.3) is 0 Å². The zero-order valence-electron chi connectivity index (χ0n) is 17.9. The Bertz CT molecular complexity index is 1340. The standard InChI is InChI=1S/C22H20N4O7S/c1-31-18-6-3-16(4-7-18)25-34(29,30)22-13-17(26(27)28)5-8-19(22)24-23-14-15-2-9-20-21(12-15)33-11-10-32-20/h2-9,12-14,24-25H,10-11H2,1H3/b23-14-. The first-order valence-electron chi connectivity index (χ1n) is 10.00. The second kappa shape index (κ2) is 9.67. The van der Waals surface area contributed by atoms with Crippen LogP contribution < -0.4 is 24.4 Å². The number of sulfonamides is 1. The predicted molar refractivity (Wildman–Crippen MR) is 126 cm³/mol. The highest BCUT2D eigenvalue weighted by atomic mass is 32.2. The molecule has 1 aliphatic heterocycles. The van der Waals surface area contributed by atoms with E-state index in [1.54, 1.807) is 30.3 Å². The average molecular weight is 484 g/mol. The number of nitro groups is 1. The summed E-state index contributed by atoms with van der Waals surface area (Å²) in [6.07, 6.45) is 1.47. The Morgan fingerprint density at radius 1 is 1.03 bits per heavy atom. The number of anilines is 2. The summed E-state index contributed by atoms with van der Waals surface area (Å²) in [5.74, 6) is 1.76. The molecule has 2 N–H and O–H groups in total. The molecule has 0 bridgehead atoms. The highest BCUT2D eigenvalue weighted by Gasteiger charge is 2.23. The first kappa shape index (κ1) is 22.9. The van der Waals surface area contributed by atoms with Crippen LogP contribution in [0.1, 0.15) is 5.56 Å². The van der Waals surface area contributed by atoms with Gasteiger partial charge in [-0.3, -0.25) is 20.3 Å². The maximum atomic E-state index is 13.1. The van der Waals surface area contributed by atoms with Crippen LogP contribution in [0.2, 0.25) is 0 Å². The molecule has 0 saturated carbocycles. The summed E-state index contributed by atoms with van der Waals surface area (Å²) >= 11 is 0. The predicted octanol–water partition coefficient (Wildman–Crippen LogP) is 3.62. The van der Waals surface area contributed by atoms with Gasteiger partial charge in [0, 0.05) is 17.8 Å². The third-order valence-electron chi connectivity index (χ3n) is 4.77. The molecule has 0 aromatic heterocycles. The molecule has 0 saturated heterocycles. The summed E-state index contributed by atoms with van der Waals surface area (Å²) in [4.78, 5) is 10.2. The Morgan fingerprint density at radius 2 is 1.76 bits per heavy atom. The molecule has 0 radical (unpaired) electrons. The Kier molecular flexibility index (Phi) is 6.50. The number of hydrogen-bond acceptors (Lipinski definition) is 9. The number of nitrogens with one attached hydrogen (secondary N) is 2. The Labute approximate surface area is 195 Å². The lowest BCUT2D eigenvalue weighted by atomic mass is 10.2. The smallest absolute Gasteiger partial charge is 0.270 e. The molecule has 12 heteroatoms. The summed E-state index contributed by atoms with van der Waals surface area (Å²) in [6, 6.07) is 14.9. The van der Waals surface area contributed by atoms with Crippen LogP contribution in [-0.2, 0) is 10.0 Å². The topological polar surface area (TPSA) is 141 Å². The van der Waals surface area contributed by atoms with Crippen LogP contribution in [0.15, 0.2) is 70.7 Å². The van der Waals surface area contributed by atoms with Crippen LogP contribution in [0.3, 0.4) is 0 Å². The van der Waals surface area contributed by atoms with Crippen LogP contribution in [0, 0.1) is 10.1 Å². The van der Waals surface area contributed by atoms with Crippen molar-refractivity contribution in [2.45, 2.75) is 4.90 Å². The van der Waals surface area contributed by atoms with Gasteiger partial charge in [0.1, 0.15) is 23.9 Å². The van der Waals surface area contributed by atoms with E-state index < -0.39 is 14.9 Å². The minimum absolute atomic E-state index is 0.0559. The number of hydrogen-bond donors (Lipinski definition) is 2. The quantitative estimate of drug-likeness (QED) is 0.281. The number of fused-ring (bicyclic) bond motifs is 1. The molecule has 1 aliphatic rings. The summed E-state index contributed by atoms with van der Waals surface area (Å²) in [5.41, 5.74) is 3.27. The van der Waals surface area contributed by atoms with Gasteiger partial charge in [-0.15, -0.1) is 0 Å². The maximum Gasteiger partial charge on any atom is 0.270 e. The zero-order chi connectivity index (χ0) is 24.1. The highest BCUT2D eigenvalue weighted by molar-refractivity contribution is 7.92. The highest BCUT2D eigenvalue weighted by Crippen LogP contribution is 2.31. The number of rotatable bonds is 8. The lowest BCUT2D eigenvalue weighted by Crippen LogP contribution is -2.15. The molecular formula is C22H20N4O7S. The van der Waals surface area contributed by atoms with E-state index in [1.165, 1.54) is 37.6 Å². The van der Waals surface area contributed by atoms with E-state index in [-0.39, 0.29) is 22.0 Å². The van der Waals surface area contributed by atoms with Gasteiger partial charge in [-0.05, 0) is 54.1 Å². The molecule has 34 heavy (non-hydrogen) atoms. The van der Waals surface area contributed by atoms with E-state index in [0.29, 0.717) is 36.0 Å². The number of nitrogens with zero attached hydrogens (tertiary/aromatic N) is 2. The van der Waals surface area contributed by atoms with Crippen LogP contribution in [-0.4, -0.2) is 39.9 Å². The molecule has 1 heterocycles. The zero-order valence-corrected chi connectivity index (χ0v) is 18.7. The van der Waals surface area contributed by atoms with Gasteiger partial charge in [0.25, 0.3) is 15.7 Å². The van der Waals surface area contributed by atoms with Crippen LogP contribution in [0.4, 0.5) is 17.1 Å². The molecule has 176 valence electrons. The van der Waals surface area contributed by atoms with Gasteiger partial charge in [-0.25, -0.2) is 8.42 Å². The van der Waals surface area contributed by atoms with Crippen LogP contribution in [0.5, 0.6) is 17.2 Å². The lowest BCUT2D eigenvalue weighted by molar-refractivity contribution is -0.385. The molecular weight excluding hydrogens is 464 g/mol. The largest absolute Gasteiger partial charge is 0.497 e. The summed E-state index contributed by atoms with van der Waals surface area (Å²) < 4.78 is 44.6. The summed E-state index contributed by atoms with van der Waals surface area (Å²) in [6.45, 7) is 0.918. The first-order valence-corrected chi connectivity index (χ1v) is 11.5. The van der Waals surface area contributed by atoms with E-state index in [1.807, 2.05) is 0 Å². The third-order valence-corrected chi connectivity index (χ3v) is 6.19. The maximum absolute atomic E-state index is 13.1. The first-order chi connectivity index (χ1) is 16.4. The number of hydrazone groups is 1. The van der Waals surface area contributed by atoms with E-state index in [9.17, 15) is 18.5 Å². The molecule has 11 nitrogen and oxygen atoms in total. The normalized spacial score (nSPS) is 12.9. The molecule has 0 unspecified atom stereocenters. The van der Waals surface area contributed by atoms with Gasteiger partial charge < -0.3 is 14.2 Å². The van der Waals surface area contributed by atoms with Crippen molar-refractivity contribution in [2.24, 2.45) is 5.10 Å². The van der Waals surface area contributed by atoms with Crippen molar-refractivity contribution in [2.75, 3.05) is 30.5 Å². The third kappa shape index (κ3) is 5.18. The number of benzene rings is 3. The molecule has 0 amide bonds. The van der Waals surface area contributed by atoms with Gasteiger partial charge in [-0.1, -0.05) is 0 Å². The van der Waals surface area contributed by atoms with Gasteiger partial charge in [0.2, 0.25) is 0 Å². The Balaban J connectivity index is 1.59. The number of methoxy groups -OCH3 is 1. The number of ether oxygens (including phenoxy) is 3. The second-order valence-electron chi connectivity index (χ2n) is 7.04. The minimum Gasteiger partial charge on any atom is -0.497 e. The SMILES string of the molecule is COc1ccc(NS(=O)(=O)c2cc([N+](=O)[O-])ccc2N/N=C\c2ccc3c(c2)OCCO3)cc1. The molecule has 3 aromatic carbocycles. The van der Waals surface area contributed by atoms with Gasteiger partial charge >= 0.3 is 0 Å². The van der Waals surface area contributed by atoms with Crippen molar-refractivity contribution < 1.29 is 27.6 Å². The summed E-state index contributed by atoms with van der Waals surface area (Å²) in [5, 5.41) is 15.3. The van der Waals surface area contributed by atoms with E-state index in [4.69, 9.17) is 14.2 Å². The lowest BCUT2D eigenvalue weighted by Gasteiger charge is -2.18. The fourth-order valence-electron chi connectivity index (χ4n) is 3.13. The van der Waals surface area contributed by atoms with Crippen LogP contribution >= 0.6 is 0 Å². The second-order valence-corrected chi connectivity index (χ2v) is 8.70. The fraction of sp³-hybridized carbons (Fsp3) is 0.136. The molecule has 0 fully saturated rings. The molecule has 0 spiro atoms. The number of nitro benzene ring substituents is 1. The van der Waals surface area contributed by atoms with Crippen molar-refractivity contribution in [3.05, 3.63) is 76.3 Å². The van der Waals surface area contributed by atoms with Crippen molar-refractivity contribution in [3.8, 4) is 17.2 Å². The van der Waals surface area contributed by atoms with E-state index in [2.05, 4.69) is 15.2 Å². The van der Waals surface area contributed by atoms with E-state index >= 15 is 0 Å². The molecule has 0 aliphatic carbocycles. The van der Waals surface area contributed by atoms with Gasteiger partial charge in [0.05, 0.1) is 23.9 Å². The summed E-state index contributed by atoms with van der Waals surface area (Å²) in [7, 11) is -2.70. The minimum atomic E-state index is -4.19. The fourth-order valence-corrected chi connectivity index (χ4v) is 4.36. The monoisotopic (exact) mass is 484 g/mol. The van der Waals surface area contributed by atoms with Crippen molar-refractivity contribution >= 4 is 33.3 Å². The molecule has 0 atom stereocenters. The van der Waals surface area contributed by atoms with Crippen molar-refractivity contribution in [1.29, 1.82) is 0 Å². The number of non-ortho nitro benzene ring substituents is 1. The van der Waals surface area contributed by atoms with Gasteiger partial charge in [-0.2, -0.15) is 5.10 Å². The molecule has 3 aromatic rings. The van der Waals surface area contributed by atoms with Gasteiger partial charge in [0.15, 0.2) is 11.5 Å².